The van der Waals surface area contributed by atoms with E-state index in [9.17, 15) is 10.2 Å². The van der Waals surface area contributed by atoms with Crippen molar-refractivity contribution in [3.8, 4) is 0 Å². The summed E-state index contributed by atoms with van der Waals surface area (Å²) in [6.07, 6.45) is -0.317. The molecular weight excluding hydrogens is 306 g/mol. The molecule has 2 aromatic rings. The summed E-state index contributed by atoms with van der Waals surface area (Å²) in [6.45, 7) is 0.324. The zero-order valence-corrected chi connectivity index (χ0v) is 12.6. The van der Waals surface area contributed by atoms with Crippen molar-refractivity contribution in [1.82, 2.24) is 19.5 Å². The van der Waals surface area contributed by atoms with Crippen molar-refractivity contribution in [2.24, 2.45) is 0 Å². The van der Waals surface area contributed by atoms with E-state index >= 15 is 0 Å². The number of nitrogens with two attached hydrogens (primary N) is 1. The number of nitrogens with zero attached hydrogens (tertiary/aromatic N) is 4. The monoisotopic (exact) mass is 325 g/mol. The lowest BCUT2D eigenvalue weighted by atomic mass is 10.1. The standard InChI is InChI=1S/C13H19N5O5/c1-21-2-3-22-10-9(20)7(4-19)23-13(10)18-6-17-8-11(14)15-5-16-12(8)18/h5-7,9-10,13,19-20H,2-4H2,1H3,(H2,14,15,16)/t7-,9+,10-,13-/m1/s1. The van der Waals surface area contributed by atoms with E-state index in [-0.39, 0.29) is 19.0 Å². The Morgan fingerprint density at radius 2 is 2.17 bits per heavy atom. The van der Waals surface area contributed by atoms with Gasteiger partial charge in [-0.1, -0.05) is 0 Å². The summed E-state index contributed by atoms with van der Waals surface area (Å²) in [5.74, 6) is 0.253. The van der Waals surface area contributed by atoms with Gasteiger partial charge in [-0.05, 0) is 0 Å². The summed E-state index contributed by atoms with van der Waals surface area (Å²) in [7, 11) is 1.56. The van der Waals surface area contributed by atoms with Crippen molar-refractivity contribution in [2.45, 2.75) is 24.5 Å². The van der Waals surface area contributed by atoms with Crippen LogP contribution in [-0.4, -0.2) is 75.0 Å². The van der Waals surface area contributed by atoms with Crippen LogP contribution in [0.2, 0.25) is 0 Å². The number of methoxy groups -OCH3 is 1. The first-order valence-electron chi connectivity index (χ1n) is 7.15. The molecule has 0 bridgehead atoms. The van der Waals surface area contributed by atoms with Crippen LogP contribution >= 0.6 is 0 Å². The molecule has 0 unspecified atom stereocenters. The highest BCUT2D eigenvalue weighted by molar-refractivity contribution is 5.81. The number of hydrogen-bond donors (Lipinski definition) is 3. The predicted molar refractivity (Wildman–Crippen MR) is 78.4 cm³/mol. The Morgan fingerprint density at radius 3 is 2.91 bits per heavy atom. The summed E-state index contributed by atoms with van der Waals surface area (Å²) in [6, 6.07) is 0. The lowest BCUT2D eigenvalue weighted by Crippen LogP contribution is -2.36. The number of ether oxygens (including phenoxy) is 3. The van der Waals surface area contributed by atoms with E-state index in [1.807, 2.05) is 0 Å². The molecule has 23 heavy (non-hydrogen) atoms. The average Bonchev–Trinajstić information content (AvgIpc) is 3.10. The smallest absolute Gasteiger partial charge is 0.167 e. The van der Waals surface area contributed by atoms with Crippen LogP contribution in [0, 0.1) is 0 Å². The molecule has 10 heteroatoms. The number of imidazole rings is 1. The minimum Gasteiger partial charge on any atom is -0.394 e. The summed E-state index contributed by atoms with van der Waals surface area (Å²) in [5.41, 5.74) is 6.68. The molecule has 1 saturated heterocycles. The fourth-order valence-corrected chi connectivity index (χ4v) is 2.60. The maximum absolute atomic E-state index is 10.3. The molecule has 0 spiro atoms. The van der Waals surface area contributed by atoms with Crippen molar-refractivity contribution in [1.29, 1.82) is 0 Å². The lowest BCUT2D eigenvalue weighted by molar-refractivity contribution is -0.0785. The van der Waals surface area contributed by atoms with Crippen molar-refractivity contribution < 1.29 is 24.4 Å². The Morgan fingerprint density at radius 1 is 1.35 bits per heavy atom. The number of fused-ring (bicyclic) bond motifs is 1. The predicted octanol–water partition coefficient (Wildman–Crippen LogP) is -1.31. The highest BCUT2D eigenvalue weighted by Crippen LogP contribution is 2.33. The molecule has 3 heterocycles. The van der Waals surface area contributed by atoms with Gasteiger partial charge in [0.05, 0.1) is 26.1 Å². The van der Waals surface area contributed by atoms with E-state index in [1.165, 1.54) is 12.7 Å². The van der Waals surface area contributed by atoms with Gasteiger partial charge in [-0.15, -0.1) is 0 Å². The molecule has 0 aromatic carbocycles. The van der Waals surface area contributed by atoms with Gasteiger partial charge in [-0.3, -0.25) is 4.57 Å². The molecule has 0 radical (unpaired) electrons. The molecule has 1 fully saturated rings. The normalized spacial score (nSPS) is 27.8. The van der Waals surface area contributed by atoms with Gasteiger partial charge in [0.15, 0.2) is 17.7 Å². The maximum Gasteiger partial charge on any atom is 0.167 e. The second kappa shape index (κ2) is 6.72. The van der Waals surface area contributed by atoms with E-state index in [1.54, 1.807) is 11.7 Å². The molecular formula is C13H19N5O5. The van der Waals surface area contributed by atoms with Crippen LogP contribution in [0.4, 0.5) is 5.82 Å². The molecule has 3 rings (SSSR count). The number of aliphatic hydroxyl groups is 2. The van der Waals surface area contributed by atoms with Gasteiger partial charge >= 0.3 is 0 Å². The van der Waals surface area contributed by atoms with E-state index in [4.69, 9.17) is 19.9 Å². The molecule has 10 nitrogen and oxygen atoms in total. The Labute approximate surface area is 131 Å². The summed E-state index contributed by atoms with van der Waals surface area (Å²) in [5, 5.41) is 19.7. The molecule has 4 atom stereocenters. The number of anilines is 1. The molecule has 2 aromatic heterocycles. The van der Waals surface area contributed by atoms with Crippen LogP contribution < -0.4 is 5.73 Å². The zero-order chi connectivity index (χ0) is 16.4. The first kappa shape index (κ1) is 16.0. The topological polar surface area (TPSA) is 138 Å². The third-order valence-electron chi connectivity index (χ3n) is 3.75. The van der Waals surface area contributed by atoms with Crippen molar-refractivity contribution in [2.75, 3.05) is 32.7 Å². The zero-order valence-electron chi connectivity index (χ0n) is 12.6. The van der Waals surface area contributed by atoms with Gasteiger partial charge in [-0.25, -0.2) is 15.0 Å². The third-order valence-corrected chi connectivity index (χ3v) is 3.75. The fourth-order valence-electron chi connectivity index (χ4n) is 2.60. The van der Waals surface area contributed by atoms with Crippen LogP contribution in [0.25, 0.3) is 11.2 Å². The second-order valence-corrected chi connectivity index (χ2v) is 5.15. The molecule has 0 amide bonds. The van der Waals surface area contributed by atoms with E-state index in [2.05, 4.69) is 15.0 Å². The maximum atomic E-state index is 10.3. The van der Waals surface area contributed by atoms with Crippen molar-refractivity contribution in [3.63, 3.8) is 0 Å². The second-order valence-electron chi connectivity index (χ2n) is 5.15. The molecule has 1 aliphatic rings. The Hall–Kier alpha value is -1.85. The number of hydrogen-bond acceptors (Lipinski definition) is 9. The average molecular weight is 325 g/mol. The highest BCUT2D eigenvalue weighted by atomic mass is 16.6. The number of nitrogen functional groups attached to an aromatic ring is 1. The molecule has 0 aliphatic carbocycles. The quantitative estimate of drug-likeness (QED) is 0.553. The number of rotatable bonds is 6. The summed E-state index contributed by atoms with van der Waals surface area (Å²) in [4.78, 5) is 12.2. The Kier molecular flexibility index (Phi) is 4.68. The van der Waals surface area contributed by atoms with E-state index in [0.717, 1.165) is 0 Å². The van der Waals surface area contributed by atoms with E-state index in [0.29, 0.717) is 17.8 Å². The number of aromatic nitrogens is 4. The minimum atomic E-state index is -0.988. The van der Waals surface area contributed by atoms with Crippen LogP contribution in [0.15, 0.2) is 12.7 Å². The molecule has 4 N–H and O–H groups in total. The SMILES string of the molecule is COCCO[C@@H]1[C@@H](O)[C@@H](CO)O[C@H]1n1cnc2c(N)ncnc21. The van der Waals surface area contributed by atoms with Gasteiger partial charge in [0.1, 0.15) is 30.2 Å². The van der Waals surface area contributed by atoms with Gasteiger partial charge in [0, 0.05) is 7.11 Å². The van der Waals surface area contributed by atoms with Crippen LogP contribution in [0.5, 0.6) is 0 Å². The van der Waals surface area contributed by atoms with Crippen LogP contribution in [0.3, 0.4) is 0 Å². The van der Waals surface area contributed by atoms with Crippen molar-refractivity contribution >= 4 is 17.0 Å². The first-order chi connectivity index (χ1) is 11.2. The van der Waals surface area contributed by atoms with Crippen LogP contribution in [0.1, 0.15) is 6.23 Å². The van der Waals surface area contributed by atoms with Crippen molar-refractivity contribution in [3.05, 3.63) is 12.7 Å². The summed E-state index contributed by atoms with van der Waals surface area (Å²) < 4.78 is 17.9. The largest absolute Gasteiger partial charge is 0.394 e. The Balaban J connectivity index is 1.92. The van der Waals surface area contributed by atoms with Gasteiger partial charge in [-0.2, -0.15) is 0 Å². The first-order valence-corrected chi connectivity index (χ1v) is 7.15. The van der Waals surface area contributed by atoms with Gasteiger partial charge in [0.25, 0.3) is 0 Å². The van der Waals surface area contributed by atoms with Crippen LogP contribution in [-0.2, 0) is 14.2 Å². The summed E-state index contributed by atoms with van der Waals surface area (Å²) >= 11 is 0. The molecule has 0 saturated carbocycles. The third kappa shape index (κ3) is 2.86. The fraction of sp³-hybridized carbons (Fsp3) is 0.615. The highest BCUT2D eigenvalue weighted by Gasteiger charge is 2.45. The van der Waals surface area contributed by atoms with E-state index < -0.39 is 24.5 Å². The molecule has 1 aliphatic heterocycles. The molecule has 126 valence electrons. The lowest BCUT2D eigenvalue weighted by Gasteiger charge is -2.21. The number of aliphatic hydroxyl groups excluding tert-OH is 2. The van der Waals surface area contributed by atoms with Gasteiger partial charge < -0.3 is 30.2 Å². The van der Waals surface area contributed by atoms with Gasteiger partial charge in [0.2, 0.25) is 0 Å². The minimum absolute atomic E-state index is 0.253. The Bertz CT molecular complexity index is 665.